The highest BCUT2D eigenvalue weighted by Crippen LogP contribution is 2.17. The quantitative estimate of drug-likeness (QED) is 0.591. The molecular formula is C12H14N6O4. The fourth-order valence-electron chi connectivity index (χ4n) is 2.38. The van der Waals surface area contributed by atoms with Crippen molar-refractivity contribution < 1.29 is 14.1 Å². The van der Waals surface area contributed by atoms with Gasteiger partial charge in [0.1, 0.15) is 0 Å². The van der Waals surface area contributed by atoms with E-state index in [0.717, 1.165) is 0 Å². The van der Waals surface area contributed by atoms with E-state index in [2.05, 4.69) is 10.1 Å². The number of nitrogens with zero attached hydrogens (tertiary/aromatic N) is 6. The number of carbonyl (C=O) groups is 1. The molecule has 22 heavy (non-hydrogen) atoms. The van der Waals surface area contributed by atoms with Gasteiger partial charge < -0.3 is 24.3 Å². The lowest BCUT2D eigenvalue weighted by molar-refractivity contribution is -0.394. The van der Waals surface area contributed by atoms with Gasteiger partial charge in [0.05, 0.1) is 6.26 Å². The summed E-state index contributed by atoms with van der Waals surface area (Å²) < 4.78 is 6.48. The lowest BCUT2D eigenvalue weighted by atomic mass is 10.3. The van der Waals surface area contributed by atoms with Gasteiger partial charge in [0, 0.05) is 38.3 Å². The first-order valence-electron chi connectivity index (χ1n) is 6.69. The smallest absolute Gasteiger partial charge is 0.459 e. The van der Waals surface area contributed by atoms with Gasteiger partial charge >= 0.3 is 11.9 Å². The van der Waals surface area contributed by atoms with Crippen molar-refractivity contribution in [1.29, 1.82) is 0 Å². The number of piperazine rings is 1. The summed E-state index contributed by atoms with van der Waals surface area (Å²) in [6, 6.07) is 3.29. The molecular weight excluding hydrogens is 292 g/mol. The topological polar surface area (TPSA) is 111 Å². The van der Waals surface area contributed by atoms with E-state index in [1.54, 1.807) is 24.1 Å². The van der Waals surface area contributed by atoms with Gasteiger partial charge in [-0.15, -0.1) is 0 Å². The van der Waals surface area contributed by atoms with Crippen LogP contribution in [0.15, 0.2) is 22.8 Å². The molecule has 10 nitrogen and oxygen atoms in total. The van der Waals surface area contributed by atoms with E-state index in [1.807, 2.05) is 4.90 Å². The van der Waals surface area contributed by atoms with Crippen LogP contribution in [0.3, 0.4) is 0 Å². The van der Waals surface area contributed by atoms with E-state index < -0.39 is 10.9 Å². The van der Waals surface area contributed by atoms with Crippen molar-refractivity contribution in [2.45, 2.75) is 0 Å². The molecule has 3 rings (SSSR count). The number of hydrogen-bond acceptors (Lipinski definition) is 7. The lowest BCUT2D eigenvalue weighted by Gasteiger charge is -2.33. The Labute approximate surface area is 125 Å². The average molecular weight is 306 g/mol. The van der Waals surface area contributed by atoms with E-state index >= 15 is 0 Å². The van der Waals surface area contributed by atoms with Crippen LogP contribution in [0.1, 0.15) is 10.6 Å². The number of amides is 1. The normalized spacial score (nSPS) is 15.1. The molecule has 0 aliphatic carbocycles. The predicted octanol–water partition coefficient (Wildman–Crippen LogP) is 0.279. The summed E-state index contributed by atoms with van der Waals surface area (Å²) in [5.74, 6) is 0.153. The Morgan fingerprint density at radius 2 is 2.09 bits per heavy atom. The standard InChI is InChI=1S/C12H14N6O4/c1-15-12(13-11(14-15)18(20)21)17-6-4-16(5-7-17)10(19)9-3-2-8-22-9/h2-3,8H,4-7H2,1H3. The number of anilines is 1. The monoisotopic (exact) mass is 306 g/mol. The molecule has 0 radical (unpaired) electrons. The zero-order chi connectivity index (χ0) is 15.7. The predicted molar refractivity (Wildman–Crippen MR) is 74.5 cm³/mol. The zero-order valence-corrected chi connectivity index (χ0v) is 11.9. The van der Waals surface area contributed by atoms with Crippen molar-refractivity contribution in [1.82, 2.24) is 19.7 Å². The third-order valence-corrected chi connectivity index (χ3v) is 3.47. The van der Waals surface area contributed by atoms with Crippen LogP contribution in [0.4, 0.5) is 11.9 Å². The maximum Gasteiger partial charge on any atom is 0.493 e. The first kappa shape index (κ1) is 14.0. The van der Waals surface area contributed by atoms with Gasteiger partial charge in [-0.2, -0.15) is 4.68 Å². The van der Waals surface area contributed by atoms with E-state index in [-0.39, 0.29) is 5.91 Å². The maximum atomic E-state index is 12.2. The summed E-state index contributed by atoms with van der Waals surface area (Å²) in [7, 11) is 1.61. The number of aromatic nitrogens is 3. The molecule has 2 aromatic heterocycles. The minimum absolute atomic E-state index is 0.159. The number of furan rings is 1. The Balaban J connectivity index is 1.67. The van der Waals surface area contributed by atoms with Crippen LogP contribution in [0.2, 0.25) is 0 Å². The Hall–Kier alpha value is -2.91. The molecule has 1 aliphatic rings. The number of rotatable bonds is 3. The molecule has 1 aliphatic heterocycles. The summed E-state index contributed by atoms with van der Waals surface area (Å²) in [4.78, 5) is 29.7. The van der Waals surface area contributed by atoms with Crippen LogP contribution in [-0.2, 0) is 7.05 Å². The van der Waals surface area contributed by atoms with E-state index in [4.69, 9.17) is 4.42 Å². The van der Waals surface area contributed by atoms with Gasteiger partial charge in [-0.3, -0.25) is 4.79 Å². The molecule has 116 valence electrons. The van der Waals surface area contributed by atoms with Crippen LogP contribution >= 0.6 is 0 Å². The molecule has 0 unspecified atom stereocenters. The summed E-state index contributed by atoms with van der Waals surface area (Å²) in [5, 5.41) is 14.5. The van der Waals surface area contributed by atoms with Crippen molar-refractivity contribution in [2.75, 3.05) is 31.1 Å². The summed E-state index contributed by atoms with van der Waals surface area (Å²) in [6.07, 6.45) is 1.46. The fourth-order valence-corrected chi connectivity index (χ4v) is 2.38. The van der Waals surface area contributed by atoms with Gasteiger partial charge in [-0.25, -0.2) is 0 Å². The molecule has 10 heteroatoms. The lowest BCUT2D eigenvalue weighted by Crippen LogP contribution is -2.49. The molecule has 0 N–H and O–H groups in total. The molecule has 1 amide bonds. The van der Waals surface area contributed by atoms with Crippen LogP contribution in [0.5, 0.6) is 0 Å². The first-order valence-corrected chi connectivity index (χ1v) is 6.69. The number of aryl methyl sites for hydroxylation is 1. The van der Waals surface area contributed by atoms with Crippen molar-refractivity contribution in [3.63, 3.8) is 0 Å². The summed E-state index contributed by atoms with van der Waals surface area (Å²) >= 11 is 0. The fraction of sp³-hybridized carbons (Fsp3) is 0.417. The Morgan fingerprint density at radius 1 is 1.36 bits per heavy atom. The summed E-state index contributed by atoms with van der Waals surface area (Å²) in [6.45, 7) is 2.02. The maximum absolute atomic E-state index is 12.2. The molecule has 2 aromatic rings. The van der Waals surface area contributed by atoms with Crippen LogP contribution in [0, 0.1) is 10.1 Å². The minimum atomic E-state index is -0.625. The third kappa shape index (κ3) is 2.50. The highest BCUT2D eigenvalue weighted by atomic mass is 16.6. The van der Waals surface area contributed by atoms with Gasteiger partial charge in [0.15, 0.2) is 5.76 Å². The molecule has 1 saturated heterocycles. The molecule has 0 saturated carbocycles. The van der Waals surface area contributed by atoms with E-state index in [0.29, 0.717) is 37.9 Å². The van der Waals surface area contributed by atoms with Gasteiger partial charge in [-0.1, -0.05) is 0 Å². The second-order valence-electron chi connectivity index (χ2n) is 4.85. The second kappa shape index (κ2) is 5.47. The number of nitro groups is 1. The van der Waals surface area contributed by atoms with Gasteiger partial charge in [-0.05, 0) is 22.0 Å². The molecule has 0 spiro atoms. The average Bonchev–Trinajstić information content (AvgIpc) is 3.16. The Kier molecular flexibility index (Phi) is 3.49. The molecule has 1 fully saturated rings. The van der Waals surface area contributed by atoms with Gasteiger partial charge in [0.25, 0.3) is 5.91 Å². The highest BCUT2D eigenvalue weighted by Gasteiger charge is 2.29. The third-order valence-electron chi connectivity index (χ3n) is 3.47. The molecule has 3 heterocycles. The number of hydrogen-bond donors (Lipinski definition) is 0. The van der Waals surface area contributed by atoms with Crippen molar-refractivity contribution in [3.8, 4) is 0 Å². The Bertz CT molecular complexity index is 687. The number of carbonyl (C=O) groups excluding carboxylic acids is 1. The van der Waals surface area contributed by atoms with E-state index in [1.165, 1.54) is 10.9 Å². The largest absolute Gasteiger partial charge is 0.493 e. The molecule has 0 atom stereocenters. The Morgan fingerprint density at radius 3 is 2.64 bits per heavy atom. The van der Waals surface area contributed by atoms with Crippen LogP contribution < -0.4 is 4.90 Å². The van der Waals surface area contributed by atoms with Gasteiger partial charge in [0.2, 0.25) is 0 Å². The van der Waals surface area contributed by atoms with Crippen molar-refractivity contribution in [2.24, 2.45) is 7.05 Å². The van der Waals surface area contributed by atoms with Crippen molar-refractivity contribution in [3.05, 3.63) is 34.3 Å². The zero-order valence-electron chi connectivity index (χ0n) is 11.9. The SMILES string of the molecule is Cn1nc([N+](=O)[O-])nc1N1CCN(C(=O)c2ccco2)CC1. The van der Waals surface area contributed by atoms with Crippen molar-refractivity contribution >= 4 is 17.8 Å². The van der Waals surface area contributed by atoms with Crippen LogP contribution in [0.25, 0.3) is 0 Å². The second-order valence-corrected chi connectivity index (χ2v) is 4.85. The minimum Gasteiger partial charge on any atom is -0.459 e. The molecule has 0 aromatic carbocycles. The first-order chi connectivity index (χ1) is 10.6. The molecule has 0 bridgehead atoms. The van der Waals surface area contributed by atoms with Crippen LogP contribution in [-0.4, -0.2) is 56.7 Å². The van der Waals surface area contributed by atoms with E-state index in [9.17, 15) is 14.9 Å². The highest BCUT2D eigenvalue weighted by molar-refractivity contribution is 5.91. The summed E-state index contributed by atoms with van der Waals surface area (Å²) in [5.41, 5.74) is 0.